The standard InChI is InChI=1S/C17H23NO2/c1-10(2)12-5-6-16-14(7-12)15(9-18-16)13(11(3)4)8-17(19)20/h5-7,9-11,13,18H,8H2,1-4H3,(H,19,20). The van der Waals surface area contributed by atoms with E-state index in [0.29, 0.717) is 11.8 Å². The molecule has 2 N–H and O–H groups in total. The first-order chi connectivity index (χ1) is 9.40. The average Bonchev–Trinajstić information content (AvgIpc) is 2.77. The Kier molecular flexibility index (Phi) is 4.17. The first kappa shape index (κ1) is 14.6. The molecule has 2 aromatic rings. The molecule has 3 nitrogen and oxygen atoms in total. The summed E-state index contributed by atoms with van der Waals surface area (Å²) in [6.45, 7) is 8.51. The van der Waals surface area contributed by atoms with Crippen molar-refractivity contribution in [3.63, 3.8) is 0 Å². The van der Waals surface area contributed by atoms with Crippen LogP contribution in [0.1, 0.15) is 57.1 Å². The molecule has 0 fully saturated rings. The summed E-state index contributed by atoms with van der Waals surface area (Å²) in [5, 5.41) is 10.3. The fraction of sp³-hybridized carbons (Fsp3) is 0.471. The lowest BCUT2D eigenvalue weighted by atomic mass is 9.85. The van der Waals surface area contributed by atoms with Gasteiger partial charge < -0.3 is 10.1 Å². The number of aromatic amines is 1. The fourth-order valence-corrected chi connectivity index (χ4v) is 2.72. The maximum absolute atomic E-state index is 11.1. The molecular formula is C17H23NO2. The minimum Gasteiger partial charge on any atom is -0.481 e. The van der Waals surface area contributed by atoms with E-state index in [2.05, 4.69) is 50.9 Å². The molecule has 1 aromatic heterocycles. The van der Waals surface area contributed by atoms with Gasteiger partial charge in [0.15, 0.2) is 0 Å². The van der Waals surface area contributed by atoms with Gasteiger partial charge in [-0.05, 0) is 41.0 Å². The summed E-state index contributed by atoms with van der Waals surface area (Å²) >= 11 is 0. The summed E-state index contributed by atoms with van der Waals surface area (Å²) in [4.78, 5) is 14.4. The van der Waals surface area contributed by atoms with Gasteiger partial charge in [-0.25, -0.2) is 0 Å². The number of carbonyl (C=O) groups is 1. The number of aliphatic carboxylic acids is 1. The molecule has 2 rings (SSSR count). The van der Waals surface area contributed by atoms with Crippen molar-refractivity contribution in [1.82, 2.24) is 4.98 Å². The van der Waals surface area contributed by atoms with Crippen LogP contribution in [0.15, 0.2) is 24.4 Å². The SMILES string of the molecule is CC(C)c1ccc2[nH]cc(C(CC(=O)O)C(C)C)c2c1. The second-order valence-corrected chi connectivity index (χ2v) is 6.15. The molecule has 0 spiro atoms. The highest BCUT2D eigenvalue weighted by atomic mass is 16.4. The third-order valence-corrected chi connectivity index (χ3v) is 4.00. The molecule has 1 atom stereocenters. The molecule has 0 aliphatic carbocycles. The largest absolute Gasteiger partial charge is 0.481 e. The summed E-state index contributed by atoms with van der Waals surface area (Å²) in [7, 11) is 0. The number of carboxylic acids is 1. The Balaban J connectivity index is 2.51. The van der Waals surface area contributed by atoms with Gasteiger partial charge in [0.05, 0.1) is 6.42 Å². The molecule has 0 aliphatic rings. The number of H-pyrrole nitrogens is 1. The van der Waals surface area contributed by atoms with Crippen molar-refractivity contribution in [3.05, 3.63) is 35.5 Å². The van der Waals surface area contributed by atoms with Crippen molar-refractivity contribution in [2.75, 3.05) is 0 Å². The zero-order valence-corrected chi connectivity index (χ0v) is 12.6. The normalized spacial score (nSPS) is 13.3. The van der Waals surface area contributed by atoms with E-state index in [1.165, 1.54) is 5.56 Å². The molecule has 1 unspecified atom stereocenters. The number of nitrogens with one attached hydrogen (secondary N) is 1. The molecule has 3 heteroatoms. The van der Waals surface area contributed by atoms with Crippen molar-refractivity contribution < 1.29 is 9.90 Å². The number of carboxylic acid groups (broad SMARTS) is 1. The molecular weight excluding hydrogens is 250 g/mol. The Bertz CT molecular complexity index is 610. The Labute approximate surface area is 120 Å². The molecule has 20 heavy (non-hydrogen) atoms. The lowest BCUT2D eigenvalue weighted by Crippen LogP contribution is -2.11. The molecule has 0 amide bonds. The van der Waals surface area contributed by atoms with Crippen LogP contribution in [0, 0.1) is 5.92 Å². The quantitative estimate of drug-likeness (QED) is 0.842. The van der Waals surface area contributed by atoms with Crippen molar-refractivity contribution in [2.45, 2.75) is 46.0 Å². The lowest BCUT2D eigenvalue weighted by Gasteiger charge is -2.18. The number of hydrogen-bond donors (Lipinski definition) is 2. The Morgan fingerprint density at radius 3 is 2.50 bits per heavy atom. The lowest BCUT2D eigenvalue weighted by molar-refractivity contribution is -0.137. The van der Waals surface area contributed by atoms with Gasteiger partial charge in [-0.1, -0.05) is 33.8 Å². The van der Waals surface area contributed by atoms with Crippen LogP contribution >= 0.6 is 0 Å². The minimum atomic E-state index is -0.738. The Morgan fingerprint density at radius 1 is 1.25 bits per heavy atom. The Morgan fingerprint density at radius 2 is 1.95 bits per heavy atom. The van der Waals surface area contributed by atoms with Gasteiger partial charge in [0.25, 0.3) is 0 Å². The van der Waals surface area contributed by atoms with Crippen LogP contribution in [0.5, 0.6) is 0 Å². The van der Waals surface area contributed by atoms with Crippen LogP contribution in [0.3, 0.4) is 0 Å². The highest BCUT2D eigenvalue weighted by Crippen LogP contribution is 2.34. The number of hydrogen-bond acceptors (Lipinski definition) is 1. The van der Waals surface area contributed by atoms with E-state index >= 15 is 0 Å². The third-order valence-electron chi connectivity index (χ3n) is 4.00. The van der Waals surface area contributed by atoms with E-state index in [4.69, 9.17) is 5.11 Å². The average molecular weight is 273 g/mol. The summed E-state index contributed by atoms with van der Waals surface area (Å²) in [5.74, 6) is 0.0775. The van der Waals surface area contributed by atoms with E-state index < -0.39 is 5.97 Å². The molecule has 1 heterocycles. The van der Waals surface area contributed by atoms with Gasteiger partial charge in [0.2, 0.25) is 0 Å². The van der Waals surface area contributed by atoms with Crippen LogP contribution in [0.4, 0.5) is 0 Å². The second kappa shape index (κ2) is 5.70. The summed E-state index contributed by atoms with van der Waals surface area (Å²) in [5.41, 5.74) is 3.50. The number of benzene rings is 1. The number of fused-ring (bicyclic) bond motifs is 1. The van der Waals surface area contributed by atoms with E-state index in [1.54, 1.807) is 0 Å². The first-order valence-corrected chi connectivity index (χ1v) is 7.23. The van der Waals surface area contributed by atoms with Crippen LogP contribution in [-0.2, 0) is 4.79 Å². The molecule has 0 aliphatic heterocycles. The molecule has 0 bridgehead atoms. The van der Waals surface area contributed by atoms with E-state index in [-0.39, 0.29) is 12.3 Å². The van der Waals surface area contributed by atoms with E-state index in [0.717, 1.165) is 16.5 Å². The predicted molar refractivity (Wildman–Crippen MR) is 82.2 cm³/mol. The van der Waals surface area contributed by atoms with Gasteiger partial charge in [0, 0.05) is 17.1 Å². The summed E-state index contributed by atoms with van der Waals surface area (Å²) in [6.07, 6.45) is 2.15. The molecule has 108 valence electrons. The summed E-state index contributed by atoms with van der Waals surface area (Å²) < 4.78 is 0. The summed E-state index contributed by atoms with van der Waals surface area (Å²) in [6, 6.07) is 6.42. The maximum Gasteiger partial charge on any atom is 0.303 e. The fourth-order valence-electron chi connectivity index (χ4n) is 2.72. The van der Waals surface area contributed by atoms with Gasteiger partial charge in [-0.15, -0.1) is 0 Å². The van der Waals surface area contributed by atoms with Gasteiger partial charge in [-0.3, -0.25) is 4.79 Å². The zero-order chi connectivity index (χ0) is 14.9. The second-order valence-electron chi connectivity index (χ2n) is 6.15. The van der Waals surface area contributed by atoms with Crippen LogP contribution in [0.25, 0.3) is 10.9 Å². The Hall–Kier alpha value is -1.77. The van der Waals surface area contributed by atoms with Crippen LogP contribution in [0.2, 0.25) is 0 Å². The number of rotatable bonds is 5. The first-order valence-electron chi connectivity index (χ1n) is 7.23. The third kappa shape index (κ3) is 2.87. The van der Waals surface area contributed by atoms with Crippen molar-refractivity contribution in [2.24, 2.45) is 5.92 Å². The number of aromatic nitrogens is 1. The minimum absolute atomic E-state index is 0.0451. The monoisotopic (exact) mass is 273 g/mol. The topological polar surface area (TPSA) is 53.1 Å². The smallest absolute Gasteiger partial charge is 0.303 e. The maximum atomic E-state index is 11.1. The van der Waals surface area contributed by atoms with Crippen molar-refractivity contribution >= 4 is 16.9 Å². The molecule has 0 saturated heterocycles. The molecule has 0 radical (unpaired) electrons. The van der Waals surface area contributed by atoms with Crippen molar-refractivity contribution in [1.29, 1.82) is 0 Å². The zero-order valence-electron chi connectivity index (χ0n) is 12.6. The van der Waals surface area contributed by atoms with Crippen molar-refractivity contribution in [3.8, 4) is 0 Å². The van der Waals surface area contributed by atoms with Crippen LogP contribution in [-0.4, -0.2) is 16.1 Å². The molecule has 1 aromatic carbocycles. The van der Waals surface area contributed by atoms with E-state index in [9.17, 15) is 4.79 Å². The van der Waals surface area contributed by atoms with E-state index in [1.807, 2.05) is 6.20 Å². The van der Waals surface area contributed by atoms with Crippen LogP contribution < -0.4 is 0 Å². The van der Waals surface area contributed by atoms with Gasteiger partial charge >= 0.3 is 5.97 Å². The highest BCUT2D eigenvalue weighted by Gasteiger charge is 2.22. The van der Waals surface area contributed by atoms with Gasteiger partial charge in [-0.2, -0.15) is 0 Å². The predicted octanol–water partition coefficient (Wildman–Crippen LogP) is 4.51. The van der Waals surface area contributed by atoms with Gasteiger partial charge in [0.1, 0.15) is 0 Å². The molecule has 0 saturated carbocycles. The highest BCUT2D eigenvalue weighted by molar-refractivity contribution is 5.85.